The maximum atomic E-state index is 11.8. The van der Waals surface area contributed by atoms with Crippen LogP contribution in [0.1, 0.15) is 11.7 Å². The van der Waals surface area contributed by atoms with E-state index in [9.17, 15) is 9.90 Å². The molecule has 0 fully saturated rings. The van der Waals surface area contributed by atoms with E-state index >= 15 is 0 Å². The molecular formula is C17H19ClN2O3. The first-order valence-electron chi connectivity index (χ1n) is 7.16. The number of anilines is 1. The topological polar surface area (TPSA) is 70.6 Å². The van der Waals surface area contributed by atoms with Crippen LogP contribution < -0.4 is 15.4 Å². The highest BCUT2D eigenvalue weighted by molar-refractivity contribution is 6.30. The number of amides is 1. The number of nitrogens with one attached hydrogen (secondary N) is 2. The van der Waals surface area contributed by atoms with Gasteiger partial charge in [-0.3, -0.25) is 4.79 Å². The van der Waals surface area contributed by atoms with E-state index in [1.807, 2.05) is 6.07 Å². The highest BCUT2D eigenvalue weighted by Gasteiger charge is 2.09. The summed E-state index contributed by atoms with van der Waals surface area (Å²) in [6.45, 7) is 0.248. The summed E-state index contributed by atoms with van der Waals surface area (Å²) >= 11 is 5.87. The largest absolute Gasteiger partial charge is 0.497 e. The van der Waals surface area contributed by atoms with Crippen molar-refractivity contribution in [1.29, 1.82) is 0 Å². The number of hydrogen-bond donors (Lipinski definition) is 3. The normalized spacial score (nSPS) is 11.6. The van der Waals surface area contributed by atoms with Crippen LogP contribution in [-0.2, 0) is 4.79 Å². The summed E-state index contributed by atoms with van der Waals surface area (Å²) in [6.07, 6.45) is -0.768. The van der Waals surface area contributed by atoms with Gasteiger partial charge in [-0.15, -0.1) is 0 Å². The van der Waals surface area contributed by atoms with Crippen LogP contribution in [0.15, 0.2) is 48.5 Å². The average Bonchev–Trinajstić information content (AvgIpc) is 2.58. The summed E-state index contributed by atoms with van der Waals surface area (Å²) in [7, 11) is 1.58. The van der Waals surface area contributed by atoms with Gasteiger partial charge in [-0.05, 0) is 35.9 Å². The number of hydrogen-bond acceptors (Lipinski definition) is 4. The van der Waals surface area contributed by atoms with Crippen LogP contribution >= 0.6 is 11.6 Å². The van der Waals surface area contributed by atoms with Crippen LogP contribution in [0.4, 0.5) is 5.69 Å². The van der Waals surface area contributed by atoms with Crippen LogP contribution in [0.25, 0.3) is 0 Å². The minimum atomic E-state index is -0.768. The predicted molar refractivity (Wildman–Crippen MR) is 90.9 cm³/mol. The Hall–Kier alpha value is -2.24. The number of benzene rings is 2. The molecule has 0 bridgehead atoms. The van der Waals surface area contributed by atoms with Crippen LogP contribution in [-0.4, -0.2) is 31.2 Å². The second-order valence-corrected chi connectivity index (χ2v) is 5.39. The van der Waals surface area contributed by atoms with Crippen LogP contribution in [0, 0.1) is 0 Å². The maximum absolute atomic E-state index is 11.8. The van der Waals surface area contributed by atoms with Gasteiger partial charge in [-0.2, -0.15) is 0 Å². The Morgan fingerprint density at radius 1 is 1.26 bits per heavy atom. The molecule has 2 aromatic rings. The highest BCUT2D eigenvalue weighted by atomic mass is 35.5. The first-order chi connectivity index (χ1) is 11.1. The minimum absolute atomic E-state index is 0.107. The molecule has 122 valence electrons. The lowest BCUT2D eigenvalue weighted by Crippen LogP contribution is -2.33. The van der Waals surface area contributed by atoms with Crippen molar-refractivity contribution in [3.05, 3.63) is 59.1 Å². The number of methoxy groups -OCH3 is 1. The molecule has 0 aliphatic rings. The molecule has 0 aromatic heterocycles. The van der Waals surface area contributed by atoms with Gasteiger partial charge < -0.3 is 20.5 Å². The van der Waals surface area contributed by atoms with E-state index in [2.05, 4.69) is 10.6 Å². The monoisotopic (exact) mass is 334 g/mol. The van der Waals surface area contributed by atoms with E-state index in [0.29, 0.717) is 10.6 Å². The fourth-order valence-electron chi connectivity index (χ4n) is 2.00. The third-order valence-corrected chi connectivity index (χ3v) is 3.51. The van der Waals surface area contributed by atoms with Gasteiger partial charge in [0, 0.05) is 17.3 Å². The Balaban J connectivity index is 1.76. The van der Waals surface area contributed by atoms with E-state index in [1.54, 1.807) is 49.6 Å². The number of halogens is 1. The van der Waals surface area contributed by atoms with Crippen LogP contribution in [0.5, 0.6) is 5.75 Å². The first kappa shape index (κ1) is 17.1. The summed E-state index contributed by atoms with van der Waals surface area (Å²) in [5.74, 6) is 0.508. The van der Waals surface area contributed by atoms with Crippen molar-refractivity contribution in [2.45, 2.75) is 6.10 Å². The zero-order valence-electron chi connectivity index (χ0n) is 12.8. The molecule has 1 amide bonds. The second-order valence-electron chi connectivity index (χ2n) is 4.96. The van der Waals surface area contributed by atoms with E-state index in [4.69, 9.17) is 16.3 Å². The lowest BCUT2D eigenvalue weighted by molar-refractivity contribution is -0.119. The van der Waals surface area contributed by atoms with E-state index < -0.39 is 6.10 Å². The zero-order valence-corrected chi connectivity index (χ0v) is 13.5. The molecule has 23 heavy (non-hydrogen) atoms. The van der Waals surface area contributed by atoms with Gasteiger partial charge in [0.1, 0.15) is 5.75 Å². The summed E-state index contributed by atoms with van der Waals surface area (Å²) in [5.41, 5.74) is 1.48. The lowest BCUT2D eigenvalue weighted by Gasteiger charge is -2.13. The molecule has 0 aliphatic carbocycles. The van der Waals surface area contributed by atoms with Crippen LogP contribution in [0.3, 0.4) is 0 Å². The van der Waals surface area contributed by atoms with Gasteiger partial charge in [0.15, 0.2) is 0 Å². The first-order valence-corrected chi connectivity index (χ1v) is 7.54. The molecule has 2 rings (SSSR count). The standard InChI is InChI=1S/C17H19ClN2O3/c1-23-15-7-5-12(6-8-15)16(21)10-20-17(22)11-19-14-4-2-3-13(18)9-14/h2-9,16,19,21H,10-11H2,1H3,(H,20,22)/t16-/m1/s1. The molecule has 0 heterocycles. The van der Waals surface area contributed by atoms with E-state index in [1.165, 1.54) is 0 Å². The van der Waals surface area contributed by atoms with Crippen molar-refractivity contribution < 1.29 is 14.6 Å². The summed E-state index contributed by atoms with van der Waals surface area (Å²) in [4.78, 5) is 11.8. The molecule has 3 N–H and O–H groups in total. The molecule has 0 spiro atoms. The fourth-order valence-corrected chi connectivity index (χ4v) is 2.19. The van der Waals surface area contributed by atoms with Gasteiger partial charge >= 0.3 is 0 Å². The fraction of sp³-hybridized carbons (Fsp3) is 0.235. The van der Waals surface area contributed by atoms with Crippen molar-refractivity contribution in [1.82, 2.24) is 5.32 Å². The smallest absolute Gasteiger partial charge is 0.239 e. The highest BCUT2D eigenvalue weighted by Crippen LogP contribution is 2.17. The number of carbonyl (C=O) groups is 1. The molecule has 2 aromatic carbocycles. The van der Waals surface area contributed by atoms with Crippen molar-refractivity contribution >= 4 is 23.2 Å². The molecule has 0 unspecified atom stereocenters. The summed E-state index contributed by atoms with van der Waals surface area (Å²) < 4.78 is 5.06. The number of aliphatic hydroxyl groups excluding tert-OH is 1. The second kappa shape index (κ2) is 8.41. The molecule has 0 radical (unpaired) electrons. The number of carbonyl (C=O) groups excluding carboxylic acids is 1. The third-order valence-electron chi connectivity index (χ3n) is 3.27. The van der Waals surface area contributed by atoms with Crippen molar-refractivity contribution in [2.75, 3.05) is 25.5 Å². The van der Waals surface area contributed by atoms with Gasteiger partial charge in [-0.25, -0.2) is 0 Å². The molecule has 5 nitrogen and oxygen atoms in total. The molecule has 0 saturated carbocycles. The van der Waals surface area contributed by atoms with E-state index in [0.717, 1.165) is 11.4 Å². The predicted octanol–water partition coefficient (Wildman–Crippen LogP) is 2.61. The van der Waals surface area contributed by atoms with Crippen molar-refractivity contribution in [2.24, 2.45) is 0 Å². The number of rotatable bonds is 7. The zero-order chi connectivity index (χ0) is 16.7. The molecular weight excluding hydrogens is 316 g/mol. The average molecular weight is 335 g/mol. The Labute approximate surface area is 140 Å². The summed E-state index contributed by atoms with van der Waals surface area (Å²) in [6, 6.07) is 14.2. The molecule has 0 saturated heterocycles. The summed E-state index contributed by atoms with van der Waals surface area (Å²) in [5, 5.41) is 16.3. The van der Waals surface area contributed by atoms with Gasteiger partial charge in [0.25, 0.3) is 0 Å². The SMILES string of the molecule is COc1ccc([C@H](O)CNC(=O)CNc2cccc(Cl)c2)cc1. The Morgan fingerprint density at radius 3 is 2.65 bits per heavy atom. The van der Waals surface area contributed by atoms with Gasteiger partial charge in [-0.1, -0.05) is 29.8 Å². The molecule has 6 heteroatoms. The minimum Gasteiger partial charge on any atom is -0.497 e. The Morgan fingerprint density at radius 2 is 2.00 bits per heavy atom. The number of ether oxygens (including phenoxy) is 1. The van der Waals surface area contributed by atoms with E-state index in [-0.39, 0.29) is 19.0 Å². The van der Waals surface area contributed by atoms with Crippen molar-refractivity contribution in [3.8, 4) is 5.75 Å². The number of aliphatic hydroxyl groups is 1. The van der Waals surface area contributed by atoms with Gasteiger partial charge in [0.05, 0.1) is 19.8 Å². The Kier molecular flexibility index (Phi) is 6.26. The maximum Gasteiger partial charge on any atom is 0.239 e. The third kappa shape index (κ3) is 5.47. The van der Waals surface area contributed by atoms with Crippen LogP contribution in [0.2, 0.25) is 5.02 Å². The Bertz CT molecular complexity index is 647. The molecule has 1 atom stereocenters. The quantitative estimate of drug-likeness (QED) is 0.728. The molecule has 0 aliphatic heterocycles. The van der Waals surface area contributed by atoms with Crippen molar-refractivity contribution in [3.63, 3.8) is 0 Å². The van der Waals surface area contributed by atoms with Gasteiger partial charge in [0.2, 0.25) is 5.91 Å². The lowest BCUT2D eigenvalue weighted by atomic mass is 10.1.